The topological polar surface area (TPSA) is 66.2 Å². The predicted octanol–water partition coefficient (Wildman–Crippen LogP) is -1.86. The summed E-state index contributed by atoms with van der Waals surface area (Å²) in [4.78, 5) is 8.25. The third-order valence-electron chi connectivity index (χ3n) is 0. The molecule has 0 aromatic heterocycles. The van der Waals surface area contributed by atoms with Gasteiger partial charge in [-0.25, -0.2) is 0 Å². The van der Waals surface area contributed by atoms with Gasteiger partial charge in [0.25, 0.3) is 0 Å². The van der Waals surface area contributed by atoms with Crippen molar-refractivity contribution in [3.05, 3.63) is 0 Å². The van der Waals surface area contributed by atoms with Gasteiger partial charge >= 0.3 is 17.1 Å². The zero-order chi connectivity index (χ0) is 6.28. The molecule has 2 N–H and O–H groups in total. The fraction of sp³-hybridized carbons (Fsp3) is 0. The van der Waals surface area contributed by atoms with Gasteiger partial charge in [-0.15, -0.1) is 0 Å². The van der Waals surface area contributed by atoms with Crippen molar-refractivity contribution in [1.29, 1.82) is 0 Å². The number of rotatable bonds is 0. The molecule has 0 aromatic carbocycles. The summed E-state index contributed by atoms with van der Waals surface area (Å²) in [7, 11) is 0. The van der Waals surface area contributed by atoms with Crippen LogP contribution in [0.15, 0.2) is 0 Å². The molecule has 1 radical (unpaired) electrons. The van der Waals surface area contributed by atoms with Crippen LogP contribution in [0.5, 0.6) is 0 Å². The first-order valence-corrected chi connectivity index (χ1v) is 1.98. The van der Waals surface area contributed by atoms with Gasteiger partial charge in [0.15, 0.2) is 0 Å². The van der Waals surface area contributed by atoms with Gasteiger partial charge in [0.05, 0.1) is 0 Å². The zero-order valence-electron chi connectivity index (χ0n) is 3.59. The van der Waals surface area contributed by atoms with Crippen molar-refractivity contribution >= 4 is 35.6 Å². The summed E-state index contributed by atoms with van der Waals surface area (Å²) in [5.41, 5.74) is 4.66. The third-order valence-corrected chi connectivity index (χ3v) is 0. The SMILES string of the molecule is NC(=S)[S-].O=C[O-].[Cu+2]. The Morgan fingerprint density at radius 2 is 1.88 bits per heavy atom. The minimum Gasteiger partial charge on any atom is -0.554 e. The molecule has 0 bridgehead atoms. The van der Waals surface area contributed by atoms with E-state index in [1.807, 2.05) is 0 Å². The van der Waals surface area contributed by atoms with Crippen LogP contribution in [0.4, 0.5) is 0 Å². The summed E-state index contributed by atoms with van der Waals surface area (Å²) >= 11 is 8.26. The average molecular weight is 201 g/mol. The number of hydrogen-bond acceptors (Lipinski definition) is 4. The van der Waals surface area contributed by atoms with Crippen molar-refractivity contribution in [2.75, 3.05) is 0 Å². The van der Waals surface area contributed by atoms with Crippen molar-refractivity contribution in [1.82, 2.24) is 0 Å². The maximum absolute atomic E-state index is 8.25. The summed E-state index contributed by atoms with van der Waals surface area (Å²) in [5, 5.41) is 8.25. The molecule has 0 unspecified atom stereocenters. The van der Waals surface area contributed by atoms with E-state index >= 15 is 0 Å². The van der Waals surface area contributed by atoms with E-state index in [-0.39, 0.29) is 21.4 Å². The molecule has 6 heteroatoms. The fourth-order valence-corrected chi connectivity index (χ4v) is 0. The van der Waals surface area contributed by atoms with Crippen LogP contribution in [0.2, 0.25) is 0 Å². The molecular weight excluding hydrogens is 198 g/mol. The maximum Gasteiger partial charge on any atom is 2.00 e. The van der Waals surface area contributed by atoms with Gasteiger partial charge in [0, 0.05) is 6.47 Å². The largest absolute Gasteiger partial charge is 2.00 e. The molecule has 0 rings (SSSR count). The Morgan fingerprint density at radius 3 is 1.88 bits per heavy atom. The van der Waals surface area contributed by atoms with E-state index < -0.39 is 6.47 Å². The third kappa shape index (κ3) is 16000. The van der Waals surface area contributed by atoms with Crippen LogP contribution in [0.1, 0.15) is 0 Å². The first-order chi connectivity index (χ1) is 3.15. The minimum atomic E-state index is -0.500. The van der Waals surface area contributed by atoms with Gasteiger partial charge in [0.2, 0.25) is 0 Å². The molecular formula is C2H3CuNO2S2. The molecule has 0 aliphatic rings. The van der Waals surface area contributed by atoms with Gasteiger partial charge < -0.3 is 40.5 Å². The standard InChI is InChI=1S/CH3NS2.CH2O2.Cu/c2-1(3)4;2-1-3;/h(H3,2,3,4);1H,(H,2,3);/q;;+2/p-2. The summed E-state index contributed by atoms with van der Waals surface area (Å²) in [5.74, 6) is 0. The molecule has 0 saturated heterocycles. The smallest absolute Gasteiger partial charge is 0.554 e. The fourth-order valence-electron chi connectivity index (χ4n) is 0. The number of carbonyl (C=O) groups excluding carboxylic acids is 1. The van der Waals surface area contributed by atoms with E-state index in [4.69, 9.17) is 9.90 Å². The van der Waals surface area contributed by atoms with Gasteiger partial charge in [-0.2, -0.15) is 0 Å². The normalized spacial score (nSPS) is 4.50. The molecule has 0 aliphatic heterocycles. The molecule has 0 spiro atoms. The molecule has 0 amide bonds. The van der Waals surface area contributed by atoms with Gasteiger partial charge in [0.1, 0.15) is 0 Å². The zero-order valence-corrected chi connectivity index (χ0v) is 6.16. The van der Waals surface area contributed by atoms with Crippen LogP contribution >= 0.6 is 12.2 Å². The van der Waals surface area contributed by atoms with Crippen LogP contribution < -0.4 is 10.8 Å². The Labute approximate surface area is 68.5 Å². The van der Waals surface area contributed by atoms with Crippen molar-refractivity contribution in [2.24, 2.45) is 5.73 Å². The van der Waals surface area contributed by atoms with Crippen LogP contribution in [0.3, 0.4) is 0 Å². The van der Waals surface area contributed by atoms with E-state index in [1.165, 1.54) is 0 Å². The van der Waals surface area contributed by atoms with Crippen molar-refractivity contribution in [2.45, 2.75) is 0 Å². The number of nitrogens with two attached hydrogens (primary N) is 1. The predicted molar refractivity (Wildman–Crippen MR) is 30.2 cm³/mol. The van der Waals surface area contributed by atoms with Crippen LogP contribution in [0, 0.1) is 0 Å². The van der Waals surface area contributed by atoms with E-state index in [9.17, 15) is 0 Å². The Bertz CT molecular complexity index is 65.1. The Balaban J connectivity index is -0.0000000575. The monoisotopic (exact) mass is 200 g/mol. The number of hydrogen-bond donors (Lipinski definition) is 1. The Hall–Kier alpha value is 0.0995. The second kappa shape index (κ2) is 15.7. The Morgan fingerprint density at radius 1 is 1.88 bits per heavy atom. The first-order valence-electron chi connectivity index (χ1n) is 1.17. The van der Waals surface area contributed by atoms with E-state index in [0.717, 1.165) is 0 Å². The van der Waals surface area contributed by atoms with Crippen LogP contribution in [-0.2, 0) is 34.5 Å². The Kier molecular flexibility index (Phi) is 30.8. The maximum atomic E-state index is 8.25. The van der Waals surface area contributed by atoms with E-state index in [1.54, 1.807) is 0 Å². The second-order valence-electron chi connectivity index (χ2n) is 0.415. The van der Waals surface area contributed by atoms with Crippen LogP contribution in [0.25, 0.3) is 0 Å². The van der Waals surface area contributed by atoms with Crippen molar-refractivity contribution in [3.8, 4) is 0 Å². The molecule has 0 aromatic rings. The summed E-state index contributed by atoms with van der Waals surface area (Å²) in [6, 6.07) is 0. The summed E-state index contributed by atoms with van der Waals surface area (Å²) in [6.45, 7) is -0.500. The number of thiocarbonyl (C=S) groups is 1. The minimum absolute atomic E-state index is 0. The molecule has 51 valence electrons. The molecule has 8 heavy (non-hydrogen) atoms. The quantitative estimate of drug-likeness (QED) is 0.215. The molecule has 3 nitrogen and oxygen atoms in total. The van der Waals surface area contributed by atoms with Crippen molar-refractivity contribution < 1.29 is 27.0 Å². The summed E-state index contributed by atoms with van der Waals surface area (Å²) in [6.07, 6.45) is 0. The first kappa shape index (κ1) is 15.7. The molecule has 0 fully saturated rings. The van der Waals surface area contributed by atoms with Crippen molar-refractivity contribution in [3.63, 3.8) is 0 Å². The summed E-state index contributed by atoms with van der Waals surface area (Å²) < 4.78 is 0.0833. The van der Waals surface area contributed by atoms with Crippen LogP contribution in [-0.4, -0.2) is 10.8 Å². The molecule has 0 atom stereocenters. The average Bonchev–Trinajstić information content (AvgIpc) is 1.33. The molecule has 0 aliphatic carbocycles. The molecule has 0 saturated carbocycles. The second-order valence-corrected chi connectivity index (χ2v) is 1.55. The number of carboxylic acid groups (broad SMARTS) is 1. The van der Waals surface area contributed by atoms with E-state index in [0.29, 0.717) is 0 Å². The van der Waals surface area contributed by atoms with Gasteiger partial charge in [-0.1, -0.05) is 4.32 Å². The van der Waals surface area contributed by atoms with E-state index in [2.05, 4.69) is 30.6 Å². The molecule has 0 heterocycles. The van der Waals surface area contributed by atoms with Gasteiger partial charge in [-0.05, 0) is 0 Å². The van der Waals surface area contributed by atoms with Gasteiger partial charge in [-0.3, -0.25) is 0 Å². The number of carbonyl (C=O) groups is 1.